The summed E-state index contributed by atoms with van der Waals surface area (Å²) in [6.07, 6.45) is 15.4. The summed E-state index contributed by atoms with van der Waals surface area (Å²) in [6.45, 7) is 3.54. The number of ether oxygens (including phenoxy) is 1. The van der Waals surface area contributed by atoms with Crippen molar-refractivity contribution in [3.63, 3.8) is 0 Å². The Bertz CT molecular complexity index is 1380. The molecule has 10 heteroatoms. The first-order valence-electron chi connectivity index (χ1n) is 15.3. The highest BCUT2D eigenvalue weighted by Crippen LogP contribution is 2.59. The van der Waals surface area contributed by atoms with Crippen molar-refractivity contribution in [1.82, 2.24) is 29.7 Å². The van der Waals surface area contributed by atoms with Crippen molar-refractivity contribution in [1.29, 1.82) is 0 Å². The van der Waals surface area contributed by atoms with Gasteiger partial charge in [-0.25, -0.2) is 14.4 Å². The van der Waals surface area contributed by atoms with Crippen LogP contribution in [0.25, 0.3) is 5.95 Å². The largest absolute Gasteiger partial charge is 0.494 e. The van der Waals surface area contributed by atoms with Gasteiger partial charge in [-0.05, 0) is 85.5 Å². The third-order valence-corrected chi connectivity index (χ3v) is 10.1. The number of halogens is 1. The van der Waals surface area contributed by atoms with Gasteiger partial charge in [0.1, 0.15) is 12.1 Å². The lowest BCUT2D eigenvalue weighted by atomic mass is 9.49. The van der Waals surface area contributed by atoms with Crippen LogP contribution in [-0.4, -0.2) is 69.7 Å². The number of rotatable bonds is 9. The van der Waals surface area contributed by atoms with Gasteiger partial charge in [0.25, 0.3) is 0 Å². The van der Waals surface area contributed by atoms with Gasteiger partial charge >= 0.3 is 0 Å². The number of amides is 1. The smallest absolute Gasteiger partial charge is 0.236 e. The SMILES string of the molecule is COc1ccc(CN2CCN(c3ccnc(-n4ccnc4)n3)C(CC(=O)NCC34CC5CC(CC(C5)C3)C4)C2)cc1F. The maximum absolute atomic E-state index is 14.4. The quantitative estimate of drug-likeness (QED) is 0.410. The number of carbonyl (C=O) groups is 1. The first kappa shape index (κ1) is 27.3. The van der Waals surface area contributed by atoms with Crippen molar-refractivity contribution >= 4 is 11.7 Å². The van der Waals surface area contributed by atoms with Crippen LogP contribution in [0.15, 0.2) is 49.2 Å². The van der Waals surface area contributed by atoms with Crippen molar-refractivity contribution < 1.29 is 13.9 Å². The topological polar surface area (TPSA) is 88.4 Å². The maximum atomic E-state index is 14.4. The molecule has 4 aliphatic carbocycles. The average Bonchev–Trinajstić information content (AvgIpc) is 3.51. The Hall–Kier alpha value is -3.53. The van der Waals surface area contributed by atoms with Gasteiger partial charge in [0.2, 0.25) is 11.9 Å². The number of piperazine rings is 1. The Morgan fingerprint density at radius 3 is 2.57 bits per heavy atom. The zero-order valence-electron chi connectivity index (χ0n) is 24.3. The fraction of sp³-hybridized carbons (Fsp3) is 0.562. The van der Waals surface area contributed by atoms with E-state index in [1.165, 1.54) is 45.6 Å². The standard InChI is InChI=1S/C32H40FN7O2/c1-42-28-3-2-22(13-27(28)33)18-38-8-9-40(29-4-5-35-31(37-29)39-7-6-34-21-39)26(19-38)14-30(41)36-20-32-15-23-10-24(16-32)12-25(11-23)17-32/h2-7,13,21,23-26H,8-12,14-20H2,1H3,(H,36,41). The third-order valence-electron chi connectivity index (χ3n) is 10.1. The summed E-state index contributed by atoms with van der Waals surface area (Å²) >= 11 is 0. The van der Waals surface area contributed by atoms with E-state index in [-0.39, 0.29) is 23.5 Å². The molecular formula is C32H40FN7O2. The van der Waals surface area contributed by atoms with Gasteiger partial charge in [-0.15, -0.1) is 0 Å². The number of methoxy groups -OCH3 is 1. The van der Waals surface area contributed by atoms with Crippen LogP contribution < -0.4 is 15.0 Å². The van der Waals surface area contributed by atoms with Crippen LogP contribution in [0, 0.1) is 29.0 Å². The number of hydrogen-bond acceptors (Lipinski definition) is 7. The number of anilines is 1. The van der Waals surface area contributed by atoms with Crippen LogP contribution in [0.3, 0.4) is 0 Å². The number of imidazole rings is 1. The summed E-state index contributed by atoms with van der Waals surface area (Å²) in [5.74, 6) is 3.91. The molecule has 9 nitrogen and oxygen atoms in total. The van der Waals surface area contributed by atoms with Gasteiger partial charge < -0.3 is 15.0 Å². The maximum Gasteiger partial charge on any atom is 0.236 e. The Morgan fingerprint density at radius 2 is 1.88 bits per heavy atom. The lowest BCUT2D eigenvalue weighted by Crippen LogP contribution is -2.55. The molecule has 42 heavy (non-hydrogen) atoms. The number of nitrogens with one attached hydrogen (secondary N) is 1. The zero-order valence-corrected chi connectivity index (χ0v) is 24.3. The number of benzene rings is 1. The molecule has 1 N–H and O–H groups in total. The van der Waals surface area contributed by atoms with Crippen LogP contribution in [0.1, 0.15) is 50.5 Å². The average molecular weight is 574 g/mol. The highest BCUT2D eigenvalue weighted by Gasteiger charge is 2.50. The molecule has 5 aliphatic rings. The van der Waals surface area contributed by atoms with Crippen molar-refractivity contribution in [2.24, 2.45) is 23.2 Å². The van der Waals surface area contributed by atoms with E-state index in [1.54, 1.807) is 35.4 Å². The van der Waals surface area contributed by atoms with Crippen LogP contribution in [0.4, 0.5) is 10.2 Å². The molecule has 5 fully saturated rings. The van der Waals surface area contributed by atoms with E-state index in [0.29, 0.717) is 37.4 Å². The van der Waals surface area contributed by atoms with E-state index in [1.807, 2.05) is 18.3 Å². The Morgan fingerprint density at radius 1 is 1.10 bits per heavy atom. The summed E-state index contributed by atoms with van der Waals surface area (Å²) in [6, 6.07) is 6.96. The Balaban J connectivity index is 1.07. The molecule has 0 radical (unpaired) electrons. The summed E-state index contributed by atoms with van der Waals surface area (Å²) in [7, 11) is 1.47. The minimum atomic E-state index is -0.359. The molecule has 1 atom stereocenters. The van der Waals surface area contributed by atoms with Crippen molar-refractivity contribution in [2.45, 2.75) is 57.5 Å². The summed E-state index contributed by atoms with van der Waals surface area (Å²) < 4.78 is 21.3. The molecular weight excluding hydrogens is 533 g/mol. The van der Waals surface area contributed by atoms with Gasteiger partial charge in [-0.3, -0.25) is 14.3 Å². The van der Waals surface area contributed by atoms with Crippen molar-refractivity contribution in [3.05, 3.63) is 60.6 Å². The molecule has 3 aromatic rings. The summed E-state index contributed by atoms with van der Waals surface area (Å²) in [4.78, 5) is 31.5. The summed E-state index contributed by atoms with van der Waals surface area (Å²) in [5.41, 5.74) is 1.18. The van der Waals surface area contributed by atoms with E-state index in [2.05, 4.69) is 25.1 Å². The highest BCUT2D eigenvalue weighted by molar-refractivity contribution is 5.77. The molecule has 222 valence electrons. The Labute approximate surface area is 246 Å². The molecule has 0 spiro atoms. The molecule has 1 unspecified atom stereocenters. The molecule has 4 bridgehead atoms. The molecule has 3 heterocycles. The van der Waals surface area contributed by atoms with Crippen LogP contribution in [-0.2, 0) is 11.3 Å². The van der Waals surface area contributed by atoms with E-state index >= 15 is 0 Å². The van der Waals surface area contributed by atoms with Crippen LogP contribution in [0.5, 0.6) is 5.75 Å². The van der Waals surface area contributed by atoms with Crippen molar-refractivity contribution in [3.8, 4) is 11.7 Å². The predicted octanol–water partition coefficient (Wildman–Crippen LogP) is 4.22. The second kappa shape index (κ2) is 11.3. The lowest BCUT2D eigenvalue weighted by molar-refractivity contribution is -0.123. The Kier molecular flexibility index (Phi) is 7.34. The second-order valence-electron chi connectivity index (χ2n) is 13.1. The number of aromatic nitrogens is 4. The fourth-order valence-corrected chi connectivity index (χ4v) is 8.69. The number of hydrogen-bond donors (Lipinski definition) is 1. The molecule has 8 rings (SSSR count). The van der Waals surface area contributed by atoms with E-state index in [9.17, 15) is 9.18 Å². The molecule has 1 saturated heterocycles. The zero-order chi connectivity index (χ0) is 28.7. The second-order valence-corrected chi connectivity index (χ2v) is 13.1. The lowest BCUT2D eigenvalue weighted by Gasteiger charge is -2.57. The minimum absolute atomic E-state index is 0.0799. The fourth-order valence-electron chi connectivity index (χ4n) is 8.69. The van der Waals surface area contributed by atoms with Gasteiger partial charge in [0.05, 0.1) is 13.2 Å². The first-order chi connectivity index (χ1) is 20.4. The number of carbonyl (C=O) groups excluding carboxylic acids is 1. The molecule has 2 aromatic heterocycles. The monoisotopic (exact) mass is 573 g/mol. The third kappa shape index (κ3) is 5.61. The highest BCUT2D eigenvalue weighted by atomic mass is 19.1. The molecule has 1 aliphatic heterocycles. The summed E-state index contributed by atoms with van der Waals surface area (Å²) in [5, 5.41) is 3.38. The van der Waals surface area contributed by atoms with Crippen LogP contribution in [0.2, 0.25) is 0 Å². The minimum Gasteiger partial charge on any atom is -0.494 e. The van der Waals surface area contributed by atoms with Gasteiger partial charge in [0, 0.05) is 57.7 Å². The number of nitrogens with zero attached hydrogens (tertiary/aromatic N) is 6. The normalized spacial score (nSPS) is 28.7. The molecule has 1 aromatic carbocycles. The van der Waals surface area contributed by atoms with E-state index < -0.39 is 0 Å². The van der Waals surface area contributed by atoms with E-state index in [0.717, 1.165) is 42.2 Å². The van der Waals surface area contributed by atoms with Crippen molar-refractivity contribution in [2.75, 3.05) is 38.2 Å². The van der Waals surface area contributed by atoms with E-state index in [4.69, 9.17) is 9.72 Å². The van der Waals surface area contributed by atoms with Gasteiger partial charge in [0.15, 0.2) is 11.6 Å². The predicted molar refractivity (Wildman–Crippen MR) is 157 cm³/mol. The van der Waals surface area contributed by atoms with Gasteiger partial charge in [-0.1, -0.05) is 6.07 Å². The molecule has 4 saturated carbocycles. The first-order valence-corrected chi connectivity index (χ1v) is 15.3. The molecule has 1 amide bonds. The van der Waals surface area contributed by atoms with Crippen LogP contribution >= 0.6 is 0 Å². The van der Waals surface area contributed by atoms with Gasteiger partial charge in [-0.2, -0.15) is 4.98 Å².